The first-order valence-corrected chi connectivity index (χ1v) is 11.1. The fourth-order valence-corrected chi connectivity index (χ4v) is 3.64. The molecule has 0 fully saturated rings. The normalized spacial score (nSPS) is 10.7. The minimum atomic E-state index is -0.0619. The van der Waals surface area contributed by atoms with Gasteiger partial charge in [0.2, 0.25) is 5.91 Å². The Bertz CT molecular complexity index is 1280. The molecule has 0 aliphatic rings. The summed E-state index contributed by atoms with van der Waals surface area (Å²) in [6.45, 7) is 3.28. The van der Waals surface area contributed by atoms with Crippen LogP contribution in [0.1, 0.15) is 23.2 Å². The largest absolute Gasteiger partial charge is 0.487 e. The van der Waals surface area contributed by atoms with Gasteiger partial charge in [0.05, 0.1) is 5.69 Å². The van der Waals surface area contributed by atoms with Crippen LogP contribution < -0.4 is 10.1 Å². The van der Waals surface area contributed by atoms with Gasteiger partial charge in [0.25, 0.3) is 0 Å². The van der Waals surface area contributed by atoms with Crippen LogP contribution in [0.15, 0.2) is 72.9 Å². The first-order valence-electron chi connectivity index (χ1n) is 10.7. The summed E-state index contributed by atoms with van der Waals surface area (Å²) in [6, 6.07) is 21.4. The molecule has 2 N–H and O–H groups in total. The number of nitrogens with one attached hydrogen (secondary N) is 2. The SMILES string of the molecule is Cc1cccc(-c2n[nH]c(=S)n2CCC(=O)NCc2cccc(OCc3ccccn3)c2)c1. The van der Waals surface area contributed by atoms with Gasteiger partial charge >= 0.3 is 0 Å². The van der Waals surface area contributed by atoms with E-state index in [0.717, 1.165) is 34.0 Å². The third-order valence-corrected chi connectivity index (χ3v) is 5.41. The number of carbonyl (C=O) groups is 1. The van der Waals surface area contributed by atoms with E-state index in [1.165, 1.54) is 0 Å². The van der Waals surface area contributed by atoms with Gasteiger partial charge in [-0.25, -0.2) is 0 Å². The van der Waals surface area contributed by atoms with E-state index < -0.39 is 0 Å². The van der Waals surface area contributed by atoms with E-state index >= 15 is 0 Å². The summed E-state index contributed by atoms with van der Waals surface area (Å²) in [5, 5.41) is 10.1. The average molecular weight is 460 g/mol. The molecule has 4 rings (SSSR count). The summed E-state index contributed by atoms with van der Waals surface area (Å²) >= 11 is 5.37. The van der Waals surface area contributed by atoms with Gasteiger partial charge in [0.15, 0.2) is 10.6 Å². The molecular formula is C25H25N5O2S. The molecule has 0 aliphatic carbocycles. The maximum absolute atomic E-state index is 12.5. The second-order valence-electron chi connectivity index (χ2n) is 7.66. The monoisotopic (exact) mass is 459 g/mol. The van der Waals surface area contributed by atoms with Gasteiger partial charge in [-0.1, -0.05) is 42.0 Å². The fraction of sp³-hybridized carbons (Fsp3) is 0.200. The van der Waals surface area contributed by atoms with Crippen LogP contribution >= 0.6 is 12.2 Å². The number of pyridine rings is 1. The maximum atomic E-state index is 12.5. The van der Waals surface area contributed by atoms with Crippen molar-refractivity contribution >= 4 is 18.1 Å². The van der Waals surface area contributed by atoms with E-state index in [4.69, 9.17) is 17.0 Å². The Hall–Kier alpha value is -3.78. The molecule has 0 radical (unpaired) electrons. The standard InChI is InChI=1S/C25H25N5O2S/c1-18-6-4-8-20(14-18)24-28-29-25(33)30(24)13-11-23(31)27-16-19-7-5-10-22(15-19)32-17-21-9-2-3-12-26-21/h2-10,12,14-15H,11,13,16-17H2,1H3,(H,27,31)(H,29,33). The molecule has 2 aromatic heterocycles. The van der Waals surface area contributed by atoms with E-state index in [-0.39, 0.29) is 5.91 Å². The molecule has 8 heteroatoms. The van der Waals surface area contributed by atoms with Crippen LogP contribution in [0.5, 0.6) is 5.75 Å². The molecule has 0 atom stereocenters. The van der Waals surface area contributed by atoms with Crippen LogP contribution in [0.4, 0.5) is 0 Å². The number of aromatic amines is 1. The van der Waals surface area contributed by atoms with Crippen molar-refractivity contribution in [2.75, 3.05) is 0 Å². The van der Waals surface area contributed by atoms with Gasteiger partial charge in [-0.3, -0.25) is 19.4 Å². The molecule has 0 bridgehead atoms. The van der Waals surface area contributed by atoms with Crippen molar-refractivity contribution in [3.8, 4) is 17.1 Å². The Labute approximate surface area is 197 Å². The molecular weight excluding hydrogens is 434 g/mol. The van der Waals surface area contributed by atoms with Gasteiger partial charge in [0.1, 0.15) is 12.4 Å². The smallest absolute Gasteiger partial charge is 0.222 e. The molecule has 7 nitrogen and oxygen atoms in total. The molecule has 1 amide bonds. The predicted molar refractivity (Wildman–Crippen MR) is 129 cm³/mol. The maximum Gasteiger partial charge on any atom is 0.222 e. The molecule has 2 heterocycles. The number of aryl methyl sites for hydroxylation is 1. The lowest BCUT2D eigenvalue weighted by Crippen LogP contribution is -2.24. The van der Waals surface area contributed by atoms with Crippen LogP contribution in [0.2, 0.25) is 0 Å². The molecule has 0 aliphatic heterocycles. The van der Waals surface area contributed by atoms with Crippen LogP contribution in [0.3, 0.4) is 0 Å². The molecule has 0 saturated carbocycles. The lowest BCUT2D eigenvalue weighted by molar-refractivity contribution is -0.121. The van der Waals surface area contributed by atoms with Crippen molar-refractivity contribution in [3.05, 3.63) is 94.5 Å². The number of rotatable bonds is 9. The predicted octanol–water partition coefficient (Wildman–Crippen LogP) is 4.60. The zero-order chi connectivity index (χ0) is 23.0. The number of aromatic nitrogens is 4. The van der Waals surface area contributed by atoms with E-state index in [9.17, 15) is 4.79 Å². The fourth-order valence-electron chi connectivity index (χ4n) is 3.42. The van der Waals surface area contributed by atoms with E-state index in [1.54, 1.807) is 6.20 Å². The summed E-state index contributed by atoms with van der Waals surface area (Å²) in [7, 11) is 0. The van der Waals surface area contributed by atoms with Crippen molar-refractivity contribution in [1.29, 1.82) is 0 Å². The second kappa shape index (κ2) is 10.7. The first kappa shape index (κ1) is 22.4. The van der Waals surface area contributed by atoms with Crippen LogP contribution in [0.25, 0.3) is 11.4 Å². The van der Waals surface area contributed by atoms with Crippen molar-refractivity contribution < 1.29 is 9.53 Å². The lowest BCUT2D eigenvalue weighted by Gasteiger charge is -2.10. The molecule has 0 unspecified atom stereocenters. The van der Waals surface area contributed by atoms with Crippen LogP contribution in [-0.4, -0.2) is 25.7 Å². The minimum Gasteiger partial charge on any atom is -0.487 e. The zero-order valence-electron chi connectivity index (χ0n) is 18.3. The number of hydrogen-bond donors (Lipinski definition) is 2. The minimum absolute atomic E-state index is 0.0619. The Morgan fingerprint density at radius 3 is 2.82 bits per heavy atom. The quantitative estimate of drug-likeness (QED) is 0.358. The van der Waals surface area contributed by atoms with Gasteiger partial charge in [-0.05, 0) is 55.0 Å². The number of benzene rings is 2. The van der Waals surface area contributed by atoms with Gasteiger partial charge in [-0.2, -0.15) is 5.10 Å². The third kappa shape index (κ3) is 6.14. The number of hydrogen-bond acceptors (Lipinski definition) is 5. The lowest BCUT2D eigenvalue weighted by atomic mass is 10.1. The highest BCUT2D eigenvalue weighted by Crippen LogP contribution is 2.19. The van der Waals surface area contributed by atoms with E-state index in [0.29, 0.717) is 30.9 Å². The second-order valence-corrected chi connectivity index (χ2v) is 8.04. The summed E-state index contributed by atoms with van der Waals surface area (Å²) in [4.78, 5) is 16.7. The highest BCUT2D eigenvalue weighted by atomic mass is 32.1. The van der Waals surface area contributed by atoms with Crippen molar-refractivity contribution in [2.24, 2.45) is 0 Å². The van der Waals surface area contributed by atoms with Gasteiger partial charge in [-0.15, -0.1) is 0 Å². The molecule has 0 spiro atoms. The number of H-pyrrole nitrogens is 1. The Balaban J connectivity index is 1.31. The Morgan fingerprint density at radius 2 is 2.00 bits per heavy atom. The van der Waals surface area contributed by atoms with Gasteiger partial charge in [0, 0.05) is 31.3 Å². The van der Waals surface area contributed by atoms with Crippen LogP contribution in [-0.2, 0) is 24.5 Å². The van der Waals surface area contributed by atoms with E-state index in [1.807, 2.05) is 78.2 Å². The topological polar surface area (TPSA) is 84.8 Å². The average Bonchev–Trinajstić information content (AvgIpc) is 3.21. The highest BCUT2D eigenvalue weighted by molar-refractivity contribution is 7.71. The zero-order valence-corrected chi connectivity index (χ0v) is 19.1. The summed E-state index contributed by atoms with van der Waals surface area (Å²) in [5.41, 5.74) is 3.92. The summed E-state index contributed by atoms with van der Waals surface area (Å²) < 4.78 is 8.17. The molecule has 4 aromatic rings. The van der Waals surface area contributed by atoms with Crippen molar-refractivity contribution in [3.63, 3.8) is 0 Å². The summed E-state index contributed by atoms with van der Waals surface area (Å²) in [5.74, 6) is 1.40. The Kier molecular flexibility index (Phi) is 7.26. The Morgan fingerprint density at radius 1 is 1.12 bits per heavy atom. The molecule has 2 aromatic carbocycles. The highest BCUT2D eigenvalue weighted by Gasteiger charge is 2.11. The number of nitrogens with zero attached hydrogens (tertiary/aromatic N) is 3. The molecule has 168 valence electrons. The first-order chi connectivity index (χ1) is 16.1. The number of amides is 1. The molecule has 0 saturated heterocycles. The number of ether oxygens (including phenoxy) is 1. The molecule has 33 heavy (non-hydrogen) atoms. The number of carbonyl (C=O) groups excluding carboxylic acids is 1. The van der Waals surface area contributed by atoms with Crippen LogP contribution in [0, 0.1) is 11.7 Å². The summed E-state index contributed by atoms with van der Waals surface area (Å²) in [6.07, 6.45) is 2.04. The van der Waals surface area contributed by atoms with Crippen molar-refractivity contribution in [1.82, 2.24) is 25.1 Å². The van der Waals surface area contributed by atoms with E-state index in [2.05, 4.69) is 20.5 Å². The third-order valence-electron chi connectivity index (χ3n) is 5.10. The van der Waals surface area contributed by atoms with Crippen molar-refractivity contribution in [2.45, 2.75) is 33.0 Å². The van der Waals surface area contributed by atoms with Gasteiger partial charge < -0.3 is 10.1 Å².